The number of ether oxygens (including phenoxy) is 1. The summed E-state index contributed by atoms with van der Waals surface area (Å²) in [6.45, 7) is 2.38. The third-order valence-corrected chi connectivity index (χ3v) is 3.54. The van der Waals surface area contributed by atoms with E-state index in [-0.39, 0.29) is 11.6 Å². The number of carbonyl (C=O) groups is 1. The van der Waals surface area contributed by atoms with Crippen LogP contribution < -0.4 is 15.7 Å². The Kier molecular flexibility index (Phi) is 4.94. The summed E-state index contributed by atoms with van der Waals surface area (Å²) in [5, 5.41) is 8.84. The van der Waals surface area contributed by atoms with Crippen LogP contribution in [0.1, 0.15) is 21.7 Å². The van der Waals surface area contributed by atoms with E-state index in [0.29, 0.717) is 30.1 Å². The van der Waals surface area contributed by atoms with Crippen molar-refractivity contribution in [2.45, 2.75) is 13.3 Å². The molecule has 0 bridgehead atoms. The number of hydrogen-bond donors (Lipinski definition) is 3. The SMILES string of the molecule is Cc1cccc(Oc2ccc(C(=O)NCCc3n[nH]c(=O)[nH]3)cc2)c1. The molecule has 7 heteroatoms. The molecule has 3 rings (SSSR count). The van der Waals surface area contributed by atoms with Gasteiger partial charge in [-0.25, -0.2) is 9.89 Å². The molecule has 128 valence electrons. The topological polar surface area (TPSA) is 99.9 Å². The molecule has 0 fully saturated rings. The fourth-order valence-electron chi connectivity index (χ4n) is 2.31. The van der Waals surface area contributed by atoms with Crippen molar-refractivity contribution in [2.75, 3.05) is 6.54 Å². The normalized spacial score (nSPS) is 10.4. The third kappa shape index (κ3) is 4.57. The first kappa shape index (κ1) is 16.5. The monoisotopic (exact) mass is 338 g/mol. The van der Waals surface area contributed by atoms with Gasteiger partial charge in [-0.1, -0.05) is 12.1 Å². The zero-order chi connectivity index (χ0) is 17.6. The Morgan fingerprint density at radius 1 is 1.16 bits per heavy atom. The number of amides is 1. The highest BCUT2D eigenvalue weighted by Crippen LogP contribution is 2.22. The van der Waals surface area contributed by atoms with E-state index in [4.69, 9.17) is 4.74 Å². The Labute approximate surface area is 144 Å². The number of hydrogen-bond acceptors (Lipinski definition) is 4. The lowest BCUT2D eigenvalue weighted by molar-refractivity contribution is 0.0954. The van der Waals surface area contributed by atoms with Crippen molar-refractivity contribution >= 4 is 5.91 Å². The first-order valence-electron chi connectivity index (χ1n) is 7.86. The molecule has 0 aliphatic rings. The zero-order valence-corrected chi connectivity index (χ0v) is 13.7. The molecule has 0 radical (unpaired) electrons. The summed E-state index contributed by atoms with van der Waals surface area (Å²) in [5.74, 6) is 1.73. The second kappa shape index (κ2) is 7.48. The zero-order valence-electron chi connectivity index (χ0n) is 13.7. The summed E-state index contributed by atoms with van der Waals surface area (Å²) in [5.41, 5.74) is 1.30. The van der Waals surface area contributed by atoms with Gasteiger partial charge in [-0.3, -0.25) is 9.78 Å². The largest absolute Gasteiger partial charge is 0.457 e. The lowest BCUT2D eigenvalue weighted by Gasteiger charge is -2.08. The number of aromatic nitrogens is 3. The highest BCUT2D eigenvalue weighted by atomic mass is 16.5. The second-order valence-electron chi connectivity index (χ2n) is 5.57. The van der Waals surface area contributed by atoms with Crippen molar-refractivity contribution in [3.05, 3.63) is 76.0 Å². The molecular formula is C18H18N4O3. The predicted molar refractivity (Wildman–Crippen MR) is 92.9 cm³/mol. The molecule has 1 amide bonds. The van der Waals surface area contributed by atoms with E-state index in [9.17, 15) is 9.59 Å². The molecule has 0 atom stereocenters. The summed E-state index contributed by atoms with van der Waals surface area (Å²) < 4.78 is 5.76. The van der Waals surface area contributed by atoms with Gasteiger partial charge in [0.25, 0.3) is 5.91 Å². The number of rotatable bonds is 6. The van der Waals surface area contributed by atoms with Crippen LogP contribution in [0.15, 0.2) is 53.3 Å². The van der Waals surface area contributed by atoms with Gasteiger partial charge in [-0.05, 0) is 48.9 Å². The Morgan fingerprint density at radius 2 is 1.96 bits per heavy atom. The number of carbonyl (C=O) groups excluding carboxylic acids is 1. The summed E-state index contributed by atoms with van der Waals surface area (Å²) in [4.78, 5) is 25.6. The van der Waals surface area contributed by atoms with Gasteiger partial charge >= 0.3 is 5.69 Å². The minimum Gasteiger partial charge on any atom is -0.457 e. The number of nitrogens with zero attached hydrogens (tertiary/aromatic N) is 1. The van der Waals surface area contributed by atoms with Crippen LogP contribution in [0.2, 0.25) is 0 Å². The third-order valence-electron chi connectivity index (χ3n) is 3.54. The van der Waals surface area contributed by atoms with E-state index >= 15 is 0 Å². The summed E-state index contributed by atoms with van der Waals surface area (Å²) in [7, 11) is 0. The molecule has 2 aromatic carbocycles. The maximum atomic E-state index is 12.1. The van der Waals surface area contributed by atoms with Gasteiger partial charge in [0.05, 0.1) is 0 Å². The lowest BCUT2D eigenvalue weighted by atomic mass is 10.2. The molecule has 3 N–H and O–H groups in total. The lowest BCUT2D eigenvalue weighted by Crippen LogP contribution is -2.26. The average molecular weight is 338 g/mol. The van der Waals surface area contributed by atoms with Crippen molar-refractivity contribution in [3.63, 3.8) is 0 Å². The Balaban J connectivity index is 1.54. The van der Waals surface area contributed by atoms with Crippen molar-refractivity contribution < 1.29 is 9.53 Å². The van der Waals surface area contributed by atoms with Crippen molar-refractivity contribution in [1.82, 2.24) is 20.5 Å². The quantitative estimate of drug-likeness (QED) is 0.641. The fraction of sp³-hybridized carbons (Fsp3) is 0.167. The molecular weight excluding hydrogens is 320 g/mol. The van der Waals surface area contributed by atoms with Gasteiger partial charge in [0.15, 0.2) is 0 Å². The minimum absolute atomic E-state index is 0.194. The highest BCUT2D eigenvalue weighted by Gasteiger charge is 2.06. The maximum absolute atomic E-state index is 12.1. The number of benzene rings is 2. The molecule has 0 aliphatic carbocycles. The smallest absolute Gasteiger partial charge is 0.340 e. The molecule has 0 saturated carbocycles. The second-order valence-corrected chi connectivity index (χ2v) is 5.57. The molecule has 7 nitrogen and oxygen atoms in total. The minimum atomic E-state index is -0.356. The van der Waals surface area contributed by atoms with Crippen LogP contribution in [0.25, 0.3) is 0 Å². The molecule has 0 spiro atoms. The Hall–Kier alpha value is -3.35. The highest BCUT2D eigenvalue weighted by molar-refractivity contribution is 5.94. The van der Waals surface area contributed by atoms with E-state index in [1.54, 1.807) is 24.3 Å². The first-order chi connectivity index (χ1) is 12.1. The van der Waals surface area contributed by atoms with Crippen molar-refractivity contribution in [2.24, 2.45) is 0 Å². The van der Waals surface area contributed by atoms with Crippen LogP contribution in [-0.2, 0) is 6.42 Å². The van der Waals surface area contributed by atoms with E-state index in [2.05, 4.69) is 20.5 Å². The van der Waals surface area contributed by atoms with Crippen LogP contribution in [-0.4, -0.2) is 27.6 Å². The van der Waals surface area contributed by atoms with Crippen LogP contribution in [0.5, 0.6) is 11.5 Å². The summed E-state index contributed by atoms with van der Waals surface area (Å²) >= 11 is 0. The first-order valence-corrected chi connectivity index (χ1v) is 7.86. The van der Waals surface area contributed by atoms with Gasteiger partial charge in [0.2, 0.25) is 0 Å². The number of nitrogens with one attached hydrogen (secondary N) is 3. The predicted octanol–water partition coefficient (Wildman–Crippen LogP) is 2.17. The molecule has 0 unspecified atom stereocenters. The van der Waals surface area contributed by atoms with E-state index in [1.165, 1.54) is 0 Å². The van der Waals surface area contributed by atoms with Gasteiger partial charge in [-0.15, -0.1) is 0 Å². The number of H-pyrrole nitrogens is 2. The molecule has 0 aliphatic heterocycles. The van der Waals surface area contributed by atoms with Crippen LogP contribution >= 0.6 is 0 Å². The summed E-state index contributed by atoms with van der Waals surface area (Å²) in [6, 6.07) is 14.7. The molecule has 1 aromatic heterocycles. The number of aryl methyl sites for hydroxylation is 1. The van der Waals surface area contributed by atoms with Gasteiger partial charge < -0.3 is 10.1 Å². The Bertz CT molecular complexity index is 912. The number of aromatic amines is 2. The van der Waals surface area contributed by atoms with E-state index in [0.717, 1.165) is 11.3 Å². The van der Waals surface area contributed by atoms with Crippen molar-refractivity contribution in [1.29, 1.82) is 0 Å². The molecule has 1 heterocycles. The fourth-order valence-corrected chi connectivity index (χ4v) is 2.31. The van der Waals surface area contributed by atoms with Gasteiger partial charge in [0, 0.05) is 18.5 Å². The maximum Gasteiger partial charge on any atom is 0.340 e. The van der Waals surface area contributed by atoms with E-state index < -0.39 is 0 Å². The van der Waals surface area contributed by atoms with Gasteiger partial charge in [0.1, 0.15) is 17.3 Å². The van der Waals surface area contributed by atoms with E-state index in [1.807, 2.05) is 31.2 Å². The van der Waals surface area contributed by atoms with Crippen LogP contribution in [0.3, 0.4) is 0 Å². The van der Waals surface area contributed by atoms with Gasteiger partial charge in [-0.2, -0.15) is 5.10 Å². The van der Waals surface area contributed by atoms with Crippen LogP contribution in [0, 0.1) is 6.92 Å². The standard InChI is InChI=1S/C18H18N4O3/c1-12-3-2-4-15(11-12)25-14-7-5-13(6-8-14)17(23)19-10-9-16-20-18(24)22-21-16/h2-8,11H,9-10H2,1H3,(H,19,23)(H2,20,21,22,24). The molecule has 0 saturated heterocycles. The Morgan fingerprint density at radius 3 is 2.64 bits per heavy atom. The molecule has 3 aromatic rings. The van der Waals surface area contributed by atoms with Crippen molar-refractivity contribution in [3.8, 4) is 11.5 Å². The summed E-state index contributed by atoms with van der Waals surface area (Å²) in [6.07, 6.45) is 0.443. The average Bonchev–Trinajstić information content (AvgIpc) is 3.01. The van der Waals surface area contributed by atoms with Crippen LogP contribution in [0.4, 0.5) is 0 Å². The molecule has 25 heavy (non-hydrogen) atoms.